The molecule has 0 aliphatic heterocycles. The largest absolute Gasteiger partial charge is 0.249 e. The van der Waals surface area contributed by atoms with Crippen molar-refractivity contribution >= 4 is 29.2 Å². The zero-order valence-electron chi connectivity index (χ0n) is 4.56. The van der Waals surface area contributed by atoms with Crippen molar-refractivity contribution < 1.29 is 0 Å². The Balaban J connectivity index is 3.08. The number of halogens is 1. The summed E-state index contributed by atoms with van der Waals surface area (Å²) in [7, 11) is 2.03. The van der Waals surface area contributed by atoms with Crippen molar-refractivity contribution in [2.75, 3.05) is 0 Å². The Morgan fingerprint density at radius 3 is 2.75 bits per heavy atom. The van der Waals surface area contributed by atoms with E-state index in [4.69, 9.17) is 0 Å². The summed E-state index contributed by atoms with van der Waals surface area (Å²) in [5.74, 6) is 0. The van der Waals surface area contributed by atoms with Crippen LogP contribution in [-0.2, 0) is 0 Å². The second-order valence-electron chi connectivity index (χ2n) is 1.66. The molecule has 0 saturated heterocycles. The van der Waals surface area contributed by atoms with Gasteiger partial charge < -0.3 is 0 Å². The minimum atomic E-state index is 0.900. The molecule has 0 aliphatic carbocycles. The van der Waals surface area contributed by atoms with E-state index in [-0.39, 0.29) is 0 Å². The Morgan fingerprint density at radius 2 is 2.38 bits per heavy atom. The summed E-state index contributed by atoms with van der Waals surface area (Å²) in [5, 5.41) is 0. The van der Waals surface area contributed by atoms with Gasteiger partial charge in [-0.25, -0.2) is 4.98 Å². The van der Waals surface area contributed by atoms with Gasteiger partial charge in [0, 0.05) is 6.20 Å². The fourth-order valence-electron chi connectivity index (χ4n) is 0.499. The molecule has 1 nitrogen and oxygen atoms in total. The monoisotopic (exact) mass is 169 g/mol. The fraction of sp³-hybridized carbons (Fsp3) is 0. The predicted molar refractivity (Wildman–Crippen MR) is 40.1 cm³/mol. The van der Waals surface area contributed by atoms with Crippen LogP contribution in [0.3, 0.4) is 0 Å². The predicted octanol–water partition coefficient (Wildman–Crippen LogP) is 0.102. The first-order valence-electron chi connectivity index (χ1n) is 2.37. The molecule has 0 radical (unpaired) electrons. The molecule has 0 unspecified atom stereocenters. The first-order valence-corrected chi connectivity index (χ1v) is 3.16. The minimum absolute atomic E-state index is 0.900. The van der Waals surface area contributed by atoms with Gasteiger partial charge in [-0.05, 0) is 22.0 Å². The molecular formula is C5H5BBrN. The van der Waals surface area contributed by atoms with Crippen LogP contribution in [0.1, 0.15) is 0 Å². The maximum atomic E-state index is 3.96. The summed E-state index contributed by atoms with van der Waals surface area (Å²) in [6.07, 6.45) is 1.78. The summed E-state index contributed by atoms with van der Waals surface area (Å²) < 4.78 is 0.900. The van der Waals surface area contributed by atoms with Gasteiger partial charge in [0.15, 0.2) is 0 Å². The first-order chi connectivity index (χ1) is 3.79. The summed E-state index contributed by atoms with van der Waals surface area (Å²) in [4.78, 5) is 3.96. The molecule has 0 saturated carbocycles. The Morgan fingerprint density at radius 1 is 1.62 bits per heavy atom. The highest BCUT2D eigenvalue weighted by Crippen LogP contribution is 1.98. The number of hydrogen-bond acceptors (Lipinski definition) is 1. The first kappa shape index (κ1) is 5.82. The van der Waals surface area contributed by atoms with Crippen LogP contribution in [0.4, 0.5) is 0 Å². The quantitative estimate of drug-likeness (QED) is 0.397. The van der Waals surface area contributed by atoms with Gasteiger partial charge in [-0.15, -0.1) is 0 Å². The van der Waals surface area contributed by atoms with E-state index in [0.29, 0.717) is 0 Å². The number of hydrogen-bond donors (Lipinski definition) is 0. The number of pyridine rings is 1. The van der Waals surface area contributed by atoms with Gasteiger partial charge in [-0.1, -0.05) is 11.5 Å². The van der Waals surface area contributed by atoms with Crippen molar-refractivity contribution in [3.8, 4) is 0 Å². The molecule has 40 valence electrons. The van der Waals surface area contributed by atoms with Gasteiger partial charge in [0.2, 0.25) is 0 Å². The second kappa shape index (κ2) is 2.31. The van der Waals surface area contributed by atoms with E-state index >= 15 is 0 Å². The van der Waals surface area contributed by atoms with Crippen LogP contribution in [-0.4, -0.2) is 12.8 Å². The zero-order chi connectivity index (χ0) is 5.98. The van der Waals surface area contributed by atoms with Crippen LogP contribution in [0.15, 0.2) is 22.9 Å². The molecule has 0 aromatic carbocycles. The third-order valence-corrected chi connectivity index (χ3v) is 1.32. The number of aromatic nitrogens is 1. The van der Waals surface area contributed by atoms with Crippen molar-refractivity contribution in [3.05, 3.63) is 22.9 Å². The van der Waals surface area contributed by atoms with Crippen LogP contribution >= 0.6 is 15.9 Å². The van der Waals surface area contributed by atoms with Gasteiger partial charge in [0.25, 0.3) is 0 Å². The topological polar surface area (TPSA) is 12.9 Å². The smallest absolute Gasteiger partial charge is 0.139 e. The molecule has 0 aliphatic rings. The van der Waals surface area contributed by atoms with Crippen LogP contribution in [0.2, 0.25) is 0 Å². The van der Waals surface area contributed by atoms with Gasteiger partial charge in [-0.2, -0.15) is 0 Å². The lowest BCUT2D eigenvalue weighted by Crippen LogP contribution is -2.00. The molecule has 0 spiro atoms. The summed E-state index contributed by atoms with van der Waals surface area (Å²) >= 11 is 3.25. The van der Waals surface area contributed by atoms with Crippen LogP contribution < -0.4 is 5.46 Å². The average Bonchev–Trinajstić information content (AvgIpc) is 1.64. The van der Waals surface area contributed by atoms with Crippen LogP contribution in [0.25, 0.3) is 0 Å². The normalized spacial score (nSPS) is 9.12. The second-order valence-corrected chi connectivity index (χ2v) is 2.47. The van der Waals surface area contributed by atoms with Gasteiger partial charge in [0.05, 0.1) is 0 Å². The van der Waals surface area contributed by atoms with E-state index < -0.39 is 0 Å². The van der Waals surface area contributed by atoms with Crippen molar-refractivity contribution in [1.82, 2.24) is 4.98 Å². The molecule has 1 rings (SSSR count). The lowest BCUT2D eigenvalue weighted by molar-refractivity contribution is 1.29. The van der Waals surface area contributed by atoms with Crippen LogP contribution in [0, 0.1) is 0 Å². The number of rotatable bonds is 0. The Bertz CT molecular complexity index is 172. The lowest BCUT2D eigenvalue weighted by atomic mass is 9.99. The molecule has 1 aromatic rings. The average molecular weight is 170 g/mol. The van der Waals surface area contributed by atoms with E-state index in [1.807, 2.05) is 20.0 Å². The van der Waals surface area contributed by atoms with E-state index in [9.17, 15) is 0 Å². The molecule has 3 heteroatoms. The van der Waals surface area contributed by atoms with Crippen molar-refractivity contribution in [1.29, 1.82) is 0 Å². The Kier molecular flexibility index (Phi) is 1.68. The number of nitrogens with zero attached hydrogens (tertiary/aromatic N) is 1. The highest BCUT2D eigenvalue weighted by Gasteiger charge is 1.83. The molecule has 1 heterocycles. The molecule has 1 aromatic heterocycles. The summed E-state index contributed by atoms with van der Waals surface area (Å²) in [6.45, 7) is 0. The van der Waals surface area contributed by atoms with Crippen molar-refractivity contribution in [2.45, 2.75) is 0 Å². The molecular weight excluding hydrogens is 165 g/mol. The Hall–Kier alpha value is -0.305. The zero-order valence-corrected chi connectivity index (χ0v) is 6.14. The molecule has 0 amide bonds. The lowest BCUT2D eigenvalue weighted by Gasteiger charge is -1.88. The van der Waals surface area contributed by atoms with Crippen molar-refractivity contribution in [3.63, 3.8) is 0 Å². The molecule has 0 fully saturated rings. The van der Waals surface area contributed by atoms with E-state index in [1.54, 1.807) is 6.20 Å². The fourth-order valence-corrected chi connectivity index (χ4v) is 0.979. The third-order valence-electron chi connectivity index (χ3n) is 0.882. The molecule has 0 bridgehead atoms. The summed E-state index contributed by atoms with van der Waals surface area (Å²) in [5.41, 5.74) is 1.23. The molecule has 0 N–H and O–H groups in total. The molecule has 8 heavy (non-hydrogen) atoms. The third kappa shape index (κ3) is 1.34. The SMILES string of the molecule is Bc1ccnc(Br)c1. The Labute approximate surface area is 57.7 Å². The van der Waals surface area contributed by atoms with Crippen LogP contribution in [0.5, 0.6) is 0 Å². The minimum Gasteiger partial charge on any atom is -0.249 e. The van der Waals surface area contributed by atoms with E-state index in [1.165, 1.54) is 5.46 Å². The highest BCUT2D eigenvalue weighted by atomic mass is 79.9. The maximum Gasteiger partial charge on any atom is 0.139 e. The highest BCUT2D eigenvalue weighted by molar-refractivity contribution is 9.10. The molecule has 0 atom stereocenters. The van der Waals surface area contributed by atoms with E-state index in [2.05, 4.69) is 20.9 Å². The summed E-state index contributed by atoms with van der Waals surface area (Å²) in [6, 6.07) is 3.94. The standard InChI is InChI=1S/C5H5BBrN/c6-4-1-2-8-5(7)3-4/h1-3H,6H2. The van der Waals surface area contributed by atoms with Gasteiger partial charge in [0.1, 0.15) is 12.4 Å². The maximum absolute atomic E-state index is 3.96. The van der Waals surface area contributed by atoms with E-state index in [0.717, 1.165) is 4.60 Å². The van der Waals surface area contributed by atoms with Crippen molar-refractivity contribution in [2.24, 2.45) is 0 Å². The van der Waals surface area contributed by atoms with Gasteiger partial charge >= 0.3 is 0 Å². The van der Waals surface area contributed by atoms with Gasteiger partial charge in [-0.3, -0.25) is 0 Å².